The highest BCUT2D eigenvalue weighted by molar-refractivity contribution is 5.92. The number of nitrogens with one attached hydrogen (secondary N) is 1. The second-order valence-corrected chi connectivity index (χ2v) is 3.74. The second-order valence-electron chi connectivity index (χ2n) is 3.74. The van der Waals surface area contributed by atoms with E-state index in [0.717, 1.165) is 18.2 Å². The van der Waals surface area contributed by atoms with E-state index in [-0.39, 0.29) is 11.3 Å². The molecule has 0 aliphatic carbocycles. The van der Waals surface area contributed by atoms with E-state index >= 15 is 0 Å². The number of carbonyl (C=O) groups is 2. The molecule has 0 aromatic heterocycles. The number of carbonyl (C=O) groups excluding carboxylic acids is 2. The summed E-state index contributed by atoms with van der Waals surface area (Å²) < 4.78 is 52.7. The van der Waals surface area contributed by atoms with Crippen LogP contribution >= 0.6 is 0 Å². The fraction of sp³-hybridized carbons (Fsp3) is 0.273. The number of ether oxygens (including phenoxy) is 1. The molecule has 0 aliphatic rings. The second kappa shape index (κ2) is 6.22. The van der Waals surface area contributed by atoms with Gasteiger partial charge in [0.25, 0.3) is 5.91 Å². The van der Waals surface area contributed by atoms with Gasteiger partial charge in [0.05, 0.1) is 5.56 Å². The molecule has 1 rings (SSSR count). The first-order valence-electron chi connectivity index (χ1n) is 5.24. The Labute approximate surface area is 110 Å². The fourth-order valence-corrected chi connectivity index (χ4v) is 1.19. The highest BCUT2D eigenvalue weighted by atomic mass is 19.4. The molecule has 0 fully saturated rings. The van der Waals surface area contributed by atoms with Gasteiger partial charge in [-0.2, -0.15) is 13.2 Å². The monoisotopic (exact) mass is 294 g/mol. The minimum atomic E-state index is -4.56. The first kappa shape index (κ1) is 15.7. The van der Waals surface area contributed by atoms with Crippen molar-refractivity contribution >= 4 is 17.6 Å². The highest BCUT2D eigenvalue weighted by Crippen LogP contribution is 2.13. The van der Waals surface area contributed by atoms with Gasteiger partial charge in [-0.05, 0) is 18.2 Å². The van der Waals surface area contributed by atoms with Crippen LogP contribution in [-0.4, -0.2) is 31.2 Å². The van der Waals surface area contributed by atoms with Gasteiger partial charge in [-0.15, -0.1) is 0 Å². The van der Waals surface area contributed by atoms with Crippen molar-refractivity contribution in [1.82, 2.24) is 5.32 Å². The van der Waals surface area contributed by atoms with Crippen LogP contribution in [0.3, 0.4) is 0 Å². The average Bonchev–Trinajstić information content (AvgIpc) is 2.31. The van der Waals surface area contributed by atoms with Crippen LogP contribution in [0.15, 0.2) is 18.2 Å². The predicted molar refractivity (Wildman–Crippen MR) is 60.2 cm³/mol. The van der Waals surface area contributed by atoms with E-state index in [1.807, 2.05) is 0 Å². The van der Waals surface area contributed by atoms with Crippen LogP contribution in [0.5, 0.6) is 0 Å². The van der Waals surface area contributed by atoms with Crippen LogP contribution in [0.4, 0.5) is 23.2 Å². The minimum absolute atomic E-state index is 0.0292. The summed E-state index contributed by atoms with van der Waals surface area (Å²) in [5.41, 5.74) is 5.02. The Morgan fingerprint density at radius 1 is 1.25 bits per heavy atom. The zero-order chi connectivity index (χ0) is 15.3. The Morgan fingerprint density at radius 3 is 2.45 bits per heavy atom. The van der Waals surface area contributed by atoms with Gasteiger partial charge >= 0.3 is 12.1 Å². The van der Waals surface area contributed by atoms with Crippen molar-refractivity contribution in [3.05, 3.63) is 29.6 Å². The van der Waals surface area contributed by atoms with E-state index in [2.05, 4.69) is 4.74 Å². The van der Waals surface area contributed by atoms with Crippen LogP contribution in [-0.2, 0) is 9.53 Å². The molecule has 1 aromatic rings. The van der Waals surface area contributed by atoms with Crippen LogP contribution in [0.25, 0.3) is 0 Å². The van der Waals surface area contributed by atoms with E-state index in [9.17, 15) is 27.2 Å². The summed E-state index contributed by atoms with van der Waals surface area (Å²) in [4.78, 5) is 22.4. The third-order valence-corrected chi connectivity index (χ3v) is 1.98. The molecule has 110 valence electrons. The van der Waals surface area contributed by atoms with E-state index in [0.29, 0.717) is 0 Å². The van der Waals surface area contributed by atoms with Gasteiger partial charge in [0.15, 0.2) is 6.61 Å². The van der Waals surface area contributed by atoms with Crippen molar-refractivity contribution in [2.75, 3.05) is 18.9 Å². The van der Waals surface area contributed by atoms with Crippen LogP contribution in [0, 0.1) is 5.82 Å². The third-order valence-electron chi connectivity index (χ3n) is 1.98. The number of hydrogen-bond acceptors (Lipinski definition) is 4. The van der Waals surface area contributed by atoms with Gasteiger partial charge in [0.1, 0.15) is 12.4 Å². The molecule has 0 atom stereocenters. The van der Waals surface area contributed by atoms with Gasteiger partial charge in [0.2, 0.25) is 0 Å². The van der Waals surface area contributed by atoms with Crippen LogP contribution < -0.4 is 11.1 Å². The molecular formula is C11H10F4N2O3. The van der Waals surface area contributed by atoms with Gasteiger partial charge in [-0.1, -0.05) is 0 Å². The standard InChI is InChI=1S/C11H10F4N2O3/c12-7-1-6(2-8(16)3-7)10(19)20-4-9(18)17-5-11(13,14)15/h1-3H,4-5,16H2,(H,17,18). The molecule has 0 unspecified atom stereocenters. The average molecular weight is 294 g/mol. The maximum atomic E-state index is 12.9. The van der Waals surface area contributed by atoms with Gasteiger partial charge in [-0.25, -0.2) is 9.18 Å². The molecule has 0 heterocycles. The van der Waals surface area contributed by atoms with E-state index in [4.69, 9.17) is 5.73 Å². The van der Waals surface area contributed by atoms with Crippen molar-refractivity contribution < 1.29 is 31.9 Å². The summed E-state index contributed by atoms with van der Waals surface area (Å²) in [6, 6.07) is 2.90. The molecule has 0 saturated heterocycles. The zero-order valence-electron chi connectivity index (χ0n) is 9.96. The van der Waals surface area contributed by atoms with Crippen LogP contribution in [0.2, 0.25) is 0 Å². The van der Waals surface area contributed by atoms with Crippen molar-refractivity contribution in [3.63, 3.8) is 0 Å². The smallest absolute Gasteiger partial charge is 0.405 e. The maximum Gasteiger partial charge on any atom is 0.405 e. The van der Waals surface area contributed by atoms with Gasteiger partial charge < -0.3 is 15.8 Å². The molecule has 0 saturated carbocycles. The quantitative estimate of drug-likeness (QED) is 0.497. The molecule has 0 bridgehead atoms. The highest BCUT2D eigenvalue weighted by Gasteiger charge is 2.27. The molecule has 9 heteroatoms. The van der Waals surface area contributed by atoms with E-state index in [1.165, 1.54) is 5.32 Å². The molecule has 5 nitrogen and oxygen atoms in total. The van der Waals surface area contributed by atoms with Crippen molar-refractivity contribution in [2.24, 2.45) is 0 Å². The van der Waals surface area contributed by atoms with E-state index < -0.39 is 37.0 Å². The maximum absolute atomic E-state index is 12.9. The lowest BCUT2D eigenvalue weighted by Gasteiger charge is -2.09. The number of rotatable bonds is 4. The topological polar surface area (TPSA) is 81.4 Å². The molecule has 20 heavy (non-hydrogen) atoms. The lowest BCUT2D eigenvalue weighted by atomic mass is 10.2. The number of alkyl halides is 3. The first-order chi connectivity index (χ1) is 9.17. The molecular weight excluding hydrogens is 284 g/mol. The fourth-order valence-electron chi connectivity index (χ4n) is 1.19. The van der Waals surface area contributed by atoms with Crippen molar-refractivity contribution in [2.45, 2.75) is 6.18 Å². The lowest BCUT2D eigenvalue weighted by Crippen LogP contribution is -2.36. The first-order valence-corrected chi connectivity index (χ1v) is 5.24. The SMILES string of the molecule is Nc1cc(F)cc(C(=O)OCC(=O)NCC(F)(F)F)c1. The Bertz CT molecular complexity index is 497. The number of halogens is 4. The Hall–Kier alpha value is -2.32. The van der Waals surface area contributed by atoms with Gasteiger partial charge in [-0.3, -0.25) is 4.79 Å². The summed E-state index contributed by atoms with van der Waals surface area (Å²) in [5, 5.41) is 1.51. The molecule has 3 N–H and O–H groups in total. The van der Waals surface area contributed by atoms with Gasteiger partial charge in [0, 0.05) is 5.69 Å². The van der Waals surface area contributed by atoms with E-state index in [1.54, 1.807) is 0 Å². The molecule has 1 amide bonds. The Morgan fingerprint density at radius 2 is 1.90 bits per heavy atom. The summed E-state index contributed by atoms with van der Waals surface area (Å²) in [7, 11) is 0. The lowest BCUT2D eigenvalue weighted by molar-refractivity contribution is -0.140. The normalized spacial score (nSPS) is 11.0. The van der Waals surface area contributed by atoms with Crippen molar-refractivity contribution in [1.29, 1.82) is 0 Å². The summed E-state index contributed by atoms with van der Waals surface area (Å²) in [6.45, 7) is -2.44. The molecule has 0 aliphatic heterocycles. The van der Waals surface area contributed by atoms with Crippen molar-refractivity contribution in [3.8, 4) is 0 Å². The number of benzene rings is 1. The predicted octanol–water partition coefficient (Wildman–Crippen LogP) is 1.24. The summed E-state index contributed by atoms with van der Waals surface area (Å²) in [5.74, 6) is -2.98. The van der Waals surface area contributed by atoms with Crippen LogP contribution in [0.1, 0.15) is 10.4 Å². The zero-order valence-corrected chi connectivity index (χ0v) is 9.96. The largest absolute Gasteiger partial charge is 0.452 e. The third kappa shape index (κ3) is 5.55. The number of amides is 1. The Kier molecular flexibility index (Phi) is 4.89. The number of esters is 1. The minimum Gasteiger partial charge on any atom is -0.452 e. The number of nitrogens with two attached hydrogens (primary N) is 1. The number of nitrogen functional groups attached to an aromatic ring is 1. The summed E-state index contributed by atoms with van der Waals surface area (Å²) >= 11 is 0. The molecule has 0 radical (unpaired) electrons. The number of anilines is 1. The molecule has 0 spiro atoms. The molecule has 1 aromatic carbocycles. The summed E-state index contributed by atoms with van der Waals surface area (Å²) in [6.07, 6.45) is -4.56. The Balaban J connectivity index is 2.49. The number of hydrogen-bond donors (Lipinski definition) is 2.